The van der Waals surface area contributed by atoms with E-state index in [0.29, 0.717) is 6.61 Å². The van der Waals surface area contributed by atoms with Crippen molar-refractivity contribution in [2.24, 2.45) is 5.92 Å². The normalized spacial score (nSPS) is 14.6. The molecule has 0 aromatic carbocycles. The van der Waals surface area contributed by atoms with Gasteiger partial charge >= 0.3 is 5.97 Å². The van der Waals surface area contributed by atoms with Crippen LogP contribution in [0.25, 0.3) is 0 Å². The maximum absolute atomic E-state index is 11.5. The molecule has 1 amide bonds. The van der Waals surface area contributed by atoms with Gasteiger partial charge in [-0.2, -0.15) is 0 Å². The highest BCUT2D eigenvalue weighted by Crippen LogP contribution is 2.16. The van der Waals surface area contributed by atoms with E-state index in [0.717, 1.165) is 0 Å². The second kappa shape index (κ2) is 6.48. The fraction of sp³-hybridized carbons (Fsp3) is 0.818. The number of ether oxygens (including phenoxy) is 1. The van der Waals surface area contributed by atoms with E-state index in [1.165, 1.54) is 18.9 Å². The Morgan fingerprint density at radius 1 is 1.31 bits per heavy atom. The van der Waals surface area contributed by atoms with Crippen LogP contribution < -0.4 is 0 Å². The molecule has 0 aromatic heterocycles. The van der Waals surface area contributed by atoms with E-state index in [2.05, 4.69) is 0 Å². The summed E-state index contributed by atoms with van der Waals surface area (Å²) in [6, 6.07) is -0.977. The van der Waals surface area contributed by atoms with Crippen LogP contribution in [-0.2, 0) is 14.3 Å². The zero-order chi connectivity index (χ0) is 12.9. The van der Waals surface area contributed by atoms with Crippen molar-refractivity contribution in [1.29, 1.82) is 0 Å². The molecule has 0 bridgehead atoms. The standard InChI is InChI=1S/C11H21NO4/c1-7(2)12(9(4)13)10(11(14)15)8(3)6-16-5/h7-8,10H,6H2,1-5H3,(H,14,15). The summed E-state index contributed by atoms with van der Waals surface area (Å²) >= 11 is 0. The van der Waals surface area contributed by atoms with Gasteiger partial charge in [-0.3, -0.25) is 4.79 Å². The highest BCUT2D eigenvalue weighted by atomic mass is 16.5. The lowest BCUT2D eigenvalue weighted by molar-refractivity contribution is -0.154. The summed E-state index contributed by atoms with van der Waals surface area (Å²) in [5.74, 6) is -1.47. The van der Waals surface area contributed by atoms with E-state index in [1.807, 2.05) is 0 Å². The van der Waals surface area contributed by atoms with Crippen LogP contribution >= 0.6 is 0 Å². The highest BCUT2D eigenvalue weighted by molar-refractivity contribution is 5.82. The van der Waals surface area contributed by atoms with Crippen LogP contribution in [0.15, 0.2) is 0 Å². The topological polar surface area (TPSA) is 66.8 Å². The van der Waals surface area contributed by atoms with Crippen molar-refractivity contribution in [1.82, 2.24) is 4.90 Å². The van der Waals surface area contributed by atoms with E-state index >= 15 is 0 Å². The first-order valence-electron chi connectivity index (χ1n) is 5.33. The van der Waals surface area contributed by atoms with Gasteiger partial charge in [0.05, 0.1) is 6.61 Å². The molecule has 0 saturated heterocycles. The van der Waals surface area contributed by atoms with Crippen molar-refractivity contribution in [3.8, 4) is 0 Å². The molecule has 5 nitrogen and oxygen atoms in total. The number of nitrogens with zero attached hydrogens (tertiary/aromatic N) is 1. The number of methoxy groups -OCH3 is 1. The molecule has 0 fully saturated rings. The number of hydrogen-bond donors (Lipinski definition) is 1. The number of aliphatic carboxylic acids is 1. The van der Waals surface area contributed by atoms with E-state index in [9.17, 15) is 14.7 Å². The fourth-order valence-electron chi connectivity index (χ4n) is 1.87. The van der Waals surface area contributed by atoms with Crippen LogP contribution in [0.1, 0.15) is 27.7 Å². The molecule has 0 rings (SSSR count). The van der Waals surface area contributed by atoms with Gasteiger partial charge < -0.3 is 14.7 Å². The van der Waals surface area contributed by atoms with Crippen molar-refractivity contribution in [2.45, 2.75) is 39.8 Å². The SMILES string of the molecule is COCC(C)C(C(=O)O)N(C(C)=O)C(C)C. The lowest BCUT2D eigenvalue weighted by Gasteiger charge is -2.34. The maximum Gasteiger partial charge on any atom is 0.326 e. The molecule has 0 aliphatic heterocycles. The average molecular weight is 231 g/mol. The number of carbonyl (C=O) groups is 2. The van der Waals surface area contributed by atoms with Gasteiger partial charge in [0.2, 0.25) is 5.91 Å². The number of carboxylic acids is 1. The Labute approximate surface area is 96.4 Å². The minimum Gasteiger partial charge on any atom is -0.480 e. The summed E-state index contributed by atoms with van der Waals surface area (Å²) in [4.78, 5) is 24.1. The first-order valence-corrected chi connectivity index (χ1v) is 5.33. The Morgan fingerprint density at radius 2 is 1.81 bits per heavy atom. The molecule has 1 N–H and O–H groups in total. The van der Waals surface area contributed by atoms with Gasteiger partial charge in [0.25, 0.3) is 0 Å². The third-order valence-corrected chi connectivity index (χ3v) is 2.44. The second-order valence-corrected chi connectivity index (χ2v) is 4.24. The average Bonchev–Trinajstić information content (AvgIpc) is 2.11. The van der Waals surface area contributed by atoms with E-state index < -0.39 is 12.0 Å². The molecule has 16 heavy (non-hydrogen) atoms. The molecule has 0 spiro atoms. The molecule has 0 aliphatic rings. The molecule has 0 radical (unpaired) electrons. The highest BCUT2D eigenvalue weighted by Gasteiger charge is 2.34. The zero-order valence-corrected chi connectivity index (χ0v) is 10.6. The molecule has 2 unspecified atom stereocenters. The van der Waals surface area contributed by atoms with Crippen molar-refractivity contribution in [3.63, 3.8) is 0 Å². The number of carbonyl (C=O) groups excluding carboxylic acids is 1. The lowest BCUT2D eigenvalue weighted by Crippen LogP contribution is -2.52. The van der Waals surface area contributed by atoms with Crippen molar-refractivity contribution in [3.05, 3.63) is 0 Å². The van der Waals surface area contributed by atoms with E-state index in [4.69, 9.17) is 4.74 Å². The Kier molecular flexibility index (Phi) is 6.03. The smallest absolute Gasteiger partial charge is 0.326 e. The molecular weight excluding hydrogens is 210 g/mol. The molecule has 94 valence electrons. The summed E-state index contributed by atoms with van der Waals surface area (Å²) in [6.07, 6.45) is 0. The minimum atomic E-state index is -0.992. The van der Waals surface area contributed by atoms with E-state index in [-0.39, 0.29) is 17.9 Å². The van der Waals surface area contributed by atoms with Gasteiger partial charge in [-0.1, -0.05) is 6.92 Å². The van der Waals surface area contributed by atoms with Gasteiger partial charge in [0, 0.05) is 26.0 Å². The van der Waals surface area contributed by atoms with Gasteiger partial charge in [-0.05, 0) is 13.8 Å². The Morgan fingerprint density at radius 3 is 2.06 bits per heavy atom. The van der Waals surface area contributed by atoms with Gasteiger partial charge in [-0.25, -0.2) is 4.79 Å². The first-order chi connectivity index (χ1) is 7.32. The monoisotopic (exact) mass is 231 g/mol. The van der Waals surface area contributed by atoms with Gasteiger partial charge in [-0.15, -0.1) is 0 Å². The predicted octanol–water partition coefficient (Wildman–Crippen LogP) is 0.979. The summed E-state index contributed by atoms with van der Waals surface area (Å²) in [7, 11) is 1.52. The van der Waals surface area contributed by atoms with Crippen LogP contribution in [0, 0.1) is 5.92 Å². The van der Waals surface area contributed by atoms with Crippen molar-refractivity contribution in [2.75, 3.05) is 13.7 Å². The third kappa shape index (κ3) is 3.81. The second-order valence-electron chi connectivity index (χ2n) is 4.24. The van der Waals surface area contributed by atoms with Crippen molar-refractivity contribution >= 4 is 11.9 Å². The first kappa shape index (κ1) is 14.9. The van der Waals surface area contributed by atoms with Gasteiger partial charge in [0.15, 0.2) is 0 Å². The summed E-state index contributed by atoms with van der Waals surface area (Å²) in [5.41, 5.74) is 0. The Balaban J connectivity index is 4.99. The number of amides is 1. The molecule has 0 aromatic rings. The molecule has 5 heteroatoms. The Bertz CT molecular complexity index is 252. The Hall–Kier alpha value is -1.10. The van der Waals surface area contributed by atoms with Crippen molar-refractivity contribution < 1.29 is 19.4 Å². The van der Waals surface area contributed by atoms with Crippen LogP contribution in [0.2, 0.25) is 0 Å². The van der Waals surface area contributed by atoms with Crippen LogP contribution in [0.3, 0.4) is 0 Å². The molecule has 2 atom stereocenters. The van der Waals surface area contributed by atoms with E-state index in [1.54, 1.807) is 20.8 Å². The number of hydrogen-bond acceptors (Lipinski definition) is 3. The molecule has 0 aliphatic carbocycles. The minimum absolute atomic E-state index is 0.141. The summed E-state index contributed by atoms with van der Waals surface area (Å²) in [5, 5.41) is 9.19. The lowest BCUT2D eigenvalue weighted by atomic mass is 10.00. The fourth-order valence-corrected chi connectivity index (χ4v) is 1.87. The third-order valence-electron chi connectivity index (χ3n) is 2.44. The summed E-state index contributed by atoms with van der Waals surface area (Å²) < 4.78 is 4.94. The largest absolute Gasteiger partial charge is 0.480 e. The van der Waals surface area contributed by atoms with Crippen LogP contribution in [0.5, 0.6) is 0 Å². The van der Waals surface area contributed by atoms with Gasteiger partial charge in [0.1, 0.15) is 6.04 Å². The number of rotatable bonds is 6. The zero-order valence-electron chi connectivity index (χ0n) is 10.6. The molecule has 0 saturated carbocycles. The predicted molar refractivity (Wildman–Crippen MR) is 60.1 cm³/mol. The number of carboxylic acid groups (broad SMARTS) is 1. The maximum atomic E-state index is 11.5. The molecular formula is C11H21NO4. The quantitative estimate of drug-likeness (QED) is 0.740. The van der Waals surface area contributed by atoms with Crippen LogP contribution in [0.4, 0.5) is 0 Å². The molecule has 0 heterocycles. The summed E-state index contributed by atoms with van der Waals surface area (Å²) in [6.45, 7) is 7.07. The van der Waals surface area contributed by atoms with Crippen LogP contribution in [-0.4, -0.2) is 47.7 Å².